The first kappa shape index (κ1) is 13.9. The molecule has 0 spiro atoms. The molecule has 0 amide bonds. The standard InChI is InChI=1S/C11H11F5O/c12-9-2-1-3-10(13)8(9)6-7(17)4-5-11(14,15)16/h1-3,7,17H,4-6H2. The molecule has 0 saturated carbocycles. The second-order valence-corrected chi connectivity index (χ2v) is 3.71. The van der Waals surface area contributed by atoms with E-state index in [1.54, 1.807) is 0 Å². The van der Waals surface area contributed by atoms with Crippen LogP contribution in [0.4, 0.5) is 22.0 Å². The normalized spacial score (nSPS) is 13.8. The number of rotatable bonds is 4. The van der Waals surface area contributed by atoms with Crippen molar-refractivity contribution in [2.24, 2.45) is 0 Å². The van der Waals surface area contributed by atoms with Crippen molar-refractivity contribution < 1.29 is 27.1 Å². The molecule has 0 aliphatic rings. The van der Waals surface area contributed by atoms with Crippen molar-refractivity contribution in [3.63, 3.8) is 0 Å². The summed E-state index contributed by atoms with van der Waals surface area (Å²) in [4.78, 5) is 0. The molecule has 6 heteroatoms. The molecule has 0 bridgehead atoms. The Morgan fingerprint density at radius 1 is 1.12 bits per heavy atom. The van der Waals surface area contributed by atoms with Gasteiger partial charge in [0.2, 0.25) is 0 Å². The minimum atomic E-state index is -4.38. The van der Waals surface area contributed by atoms with Gasteiger partial charge in [-0.05, 0) is 18.6 Å². The van der Waals surface area contributed by atoms with E-state index in [1.165, 1.54) is 0 Å². The van der Waals surface area contributed by atoms with Gasteiger partial charge in [-0.15, -0.1) is 0 Å². The molecule has 1 atom stereocenters. The Morgan fingerprint density at radius 3 is 2.12 bits per heavy atom. The highest BCUT2D eigenvalue weighted by Gasteiger charge is 2.28. The molecular weight excluding hydrogens is 243 g/mol. The van der Waals surface area contributed by atoms with Crippen molar-refractivity contribution in [3.05, 3.63) is 35.4 Å². The molecule has 1 unspecified atom stereocenters. The number of alkyl halides is 3. The van der Waals surface area contributed by atoms with E-state index < -0.39 is 43.2 Å². The molecule has 0 heterocycles. The van der Waals surface area contributed by atoms with E-state index in [0.717, 1.165) is 18.2 Å². The summed E-state index contributed by atoms with van der Waals surface area (Å²) in [5.74, 6) is -1.73. The fourth-order valence-electron chi connectivity index (χ4n) is 1.40. The predicted molar refractivity (Wildman–Crippen MR) is 51.4 cm³/mol. The summed E-state index contributed by atoms with van der Waals surface area (Å²) in [5, 5.41) is 9.28. The fourth-order valence-corrected chi connectivity index (χ4v) is 1.40. The lowest BCUT2D eigenvalue weighted by Crippen LogP contribution is -2.17. The summed E-state index contributed by atoms with van der Waals surface area (Å²) >= 11 is 0. The van der Waals surface area contributed by atoms with Crippen LogP contribution in [0.5, 0.6) is 0 Å². The first-order valence-corrected chi connectivity index (χ1v) is 4.97. The molecular formula is C11H11F5O. The zero-order valence-corrected chi connectivity index (χ0v) is 8.77. The van der Waals surface area contributed by atoms with Gasteiger partial charge in [-0.3, -0.25) is 0 Å². The fraction of sp³-hybridized carbons (Fsp3) is 0.455. The lowest BCUT2D eigenvalue weighted by molar-refractivity contribution is -0.139. The number of halogens is 5. The third kappa shape index (κ3) is 4.68. The zero-order chi connectivity index (χ0) is 13.1. The van der Waals surface area contributed by atoms with Crippen molar-refractivity contribution in [1.82, 2.24) is 0 Å². The maximum Gasteiger partial charge on any atom is 0.389 e. The Labute approximate surface area is 94.9 Å². The summed E-state index contributed by atoms with van der Waals surface area (Å²) in [5.41, 5.74) is -0.387. The van der Waals surface area contributed by atoms with E-state index in [4.69, 9.17) is 0 Å². The van der Waals surface area contributed by atoms with Crippen LogP contribution in [0, 0.1) is 11.6 Å². The molecule has 1 aromatic rings. The smallest absolute Gasteiger partial charge is 0.389 e. The monoisotopic (exact) mass is 254 g/mol. The summed E-state index contributed by atoms with van der Waals surface area (Å²) in [6.07, 6.45) is -8.01. The van der Waals surface area contributed by atoms with Crippen LogP contribution in [0.15, 0.2) is 18.2 Å². The van der Waals surface area contributed by atoms with Crippen LogP contribution in [0.25, 0.3) is 0 Å². The first-order chi connectivity index (χ1) is 7.79. The molecule has 0 aliphatic heterocycles. The van der Waals surface area contributed by atoms with Crippen molar-refractivity contribution in [2.75, 3.05) is 0 Å². The number of aliphatic hydroxyl groups is 1. The van der Waals surface area contributed by atoms with Crippen LogP contribution in [0.2, 0.25) is 0 Å². The van der Waals surface area contributed by atoms with Gasteiger partial charge < -0.3 is 5.11 Å². The number of hydrogen-bond donors (Lipinski definition) is 1. The van der Waals surface area contributed by atoms with Crippen LogP contribution < -0.4 is 0 Å². The van der Waals surface area contributed by atoms with Gasteiger partial charge in [0.1, 0.15) is 11.6 Å². The van der Waals surface area contributed by atoms with Crippen LogP contribution in [-0.2, 0) is 6.42 Å². The average Bonchev–Trinajstić information content (AvgIpc) is 2.20. The highest BCUT2D eigenvalue weighted by Crippen LogP contribution is 2.24. The van der Waals surface area contributed by atoms with Gasteiger partial charge >= 0.3 is 6.18 Å². The quantitative estimate of drug-likeness (QED) is 0.818. The summed E-state index contributed by atoms with van der Waals surface area (Å²) in [6, 6.07) is 3.14. The van der Waals surface area contributed by atoms with Gasteiger partial charge in [-0.2, -0.15) is 13.2 Å². The third-order valence-electron chi connectivity index (χ3n) is 2.26. The molecule has 0 saturated heterocycles. The van der Waals surface area contributed by atoms with Gasteiger partial charge in [-0.25, -0.2) is 8.78 Å². The minimum absolute atomic E-state index is 0.387. The zero-order valence-electron chi connectivity index (χ0n) is 8.77. The lowest BCUT2D eigenvalue weighted by Gasteiger charge is -2.13. The van der Waals surface area contributed by atoms with E-state index in [2.05, 4.69) is 0 Å². The predicted octanol–water partition coefficient (Wildman–Crippen LogP) is 3.21. The molecule has 0 fully saturated rings. The van der Waals surface area contributed by atoms with Gasteiger partial charge in [0, 0.05) is 18.4 Å². The van der Waals surface area contributed by atoms with Gasteiger partial charge in [0.25, 0.3) is 0 Å². The second kappa shape index (κ2) is 5.44. The van der Waals surface area contributed by atoms with E-state index in [1.807, 2.05) is 0 Å². The summed E-state index contributed by atoms with van der Waals surface area (Å²) < 4.78 is 61.8. The van der Waals surface area contributed by atoms with Crippen molar-refractivity contribution in [1.29, 1.82) is 0 Å². The van der Waals surface area contributed by atoms with Crippen molar-refractivity contribution in [3.8, 4) is 0 Å². The van der Waals surface area contributed by atoms with Crippen LogP contribution >= 0.6 is 0 Å². The van der Waals surface area contributed by atoms with E-state index in [-0.39, 0.29) is 5.56 Å². The van der Waals surface area contributed by atoms with E-state index in [0.29, 0.717) is 0 Å². The largest absolute Gasteiger partial charge is 0.393 e. The maximum atomic E-state index is 13.1. The van der Waals surface area contributed by atoms with Gasteiger partial charge in [0.15, 0.2) is 0 Å². The van der Waals surface area contributed by atoms with Gasteiger partial charge in [-0.1, -0.05) is 6.07 Å². The summed E-state index contributed by atoms with van der Waals surface area (Å²) in [6.45, 7) is 0. The van der Waals surface area contributed by atoms with E-state index >= 15 is 0 Å². The maximum absolute atomic E-state index is 13.1. The number of hydrogen-bond acceptors (Lipinski definition) is 1. The number of aliphatic hydroxyl groups excluding tert-OH is 1. The second-order valence-electron chi connectivity index (χ2n) is 3.71. The molecule has 1 nitrogen and oxygen atoms in total. The lowest BCUT2D eigenvalue weighted by atomic mass is 10.0. The Hall–Kier alpha value is -1.17. The number of benzene rings is 1. The highest BCUT2D eigenvalue weighted by molar-refractivity contribution is 5.20. The molecule has 1 rings (SSSR count). The molecule has 1 N–H and O–H groups in total. The average molecular weight is 254 g/mol. The van der Waals surface area contributed by atoms with Crippen LogP contribution in [-0.4, -0.2) is 17.4 Å². The van der Waals surface area contributed by atoms with Crippen LogP contribution in [0.1, 0.15) is 18.4 Å². The Balaban J connectivity index is 2.59. The van der Waals surface area contributed by atoms with Gasteiger partial charge in [0.05, 0.1) is 6.10 Å². The highest BCUT2D eigenvalue weighted by atomic mass is 19.4. The van der Waals surface area contributed by atoms with E-state index in [9.17, 15) is 27.1 Å². The topological polar surface area (TPSA) is 20.2 Å². The first-order valence-electron chi connectivity index (χ1n) is 4.97. The third-order valence-corrected chi connectivity index (χ3v) is 2.26. The Kier molecular flexibility index (Phi) is 4.45. The van der Waals surface area contributed by atoms with Crippen molar-refractivity contribution in [2.45, 2.75) is 31.5 Å². The molecule has 0 radical (unpaired) electrons. The minimum Gasteiger partial charge on any atom is -0.393 e. The molecule has 0 aliphatic carbocycles. The molecule has 17 heavy (non-hydrogen) atoms. The SMILES string of the molecule is OC(CCC(F)(F)F)Cc1c(F)cccc1F. The Bertz CT molecular complexity index is 354. The molecule has 96 valence electrons. The summed E-state index contributed by atoms with van der Waals surface area (Å²) in [7, 11) is 0. The molecule has 0 aromatic heterocycles. The van der Waals surface area contributed by atoms with Crippen LogP contribution in [0.3, 0.4) is 0 Å². The molecule has 1 aromatic carbocycles. The Morgan fingerprint density at radius 2 is 1.65 bits per heavy atom. The van der Waals surface area contributed by atoms with Crippen molar-refractivity contribution >= 4 is 0 Å².